The molecule has 0 radical (unpaired) electrons. The normalized spacial score (nSPS) is 18.7. The van der Waals surface area contributed by atoms with Crippen molar-refractivity contribution < 1.29 is 9.13 Å². The van der Waals surface area contributed by atoms with Gasteiger partial charge in [0.1, 0.15) is 22.5 Å². The quantitative estimate of drug-likeness (QED) is 0.0750. The molecule has 8 aromatic carbocycles. The number of thiazole rings is 2. The monoisotopic (exact) mass is 1200 g/mol. The van der Waals surface area contributed by atoms with Gasteiger partial charge < -0.3 is 9.80 Å². The molecule has 4 nitrogen and oxygen atoms in total. The van der Waals surface area contributed by atoms with E-state index in [9.17, 15) is 0 Å². The van der Waals surface area contributed by atoms with E-state index >= 15 is 0 Å². The van der Waals surface area contributed by atoms with Crippen molar-refractivity contribution in [1.29, 1.82) is 0 Å². The number of fused-ring (bicyclic) bond motifs is 12. The van der Waals surface area contributed by atoms with Crippen LogP contribution in [0.5, 0.6) is 0 Å². The molecule has 0 spiro atoms. The summed E-state index contributed by atoms with van der Waals surface area (Å²) < 4.78 is 7.76. The second kappa shape index (κ2) is 23.8. The zero-order valence-corrected chi connectivity index (χ0v) is 53.8. The third kappa shape index (κ3) is 11.3. The summed E-state index contributed by atoms with van der Waals surface area (Å²) in [7, 11) is 0. The minimum atomic E-state index is 0.168. The third-order valence-electron chi connectivity index (χ3n) is 17.8. The number of hydrogen-bond donors (Lipinski definition) is 0. The molecule has 14 rings (SSSR count). The Morgan fingerprint density at radius 1 is 0.442 bits per heavy atom. The number of aryl methyl sites for hydroxylation is 2. The minimum Gasteiger partial charge on any atom is -0.335 e. The predicted octanol–water partition coefficient (Wildman–Crippen LogP) is 21.9. The van der Waals surface area contributed by atoms with E-state index in [2.05, 4.69) is 267 Å². The van der Waals surface area contributed by atoms with Crippen LogP contribution in [0.15, 0.2) is 236 Å². The topological polar surface area (TPSA) is 14.2 Å². The third-order valence-corrected chi connectivity index (χ3v) is 22.6. The molecule has 8 heteroatoms. The van der Waals surface area contributed by atoms with Gasteiger partial charge in [-0.15, -0.1) is 0 Å². The van der Waals surface area contributed by atoms with Gasteiger partial charge in [0.2, 0.25) is 11.0 Å². The van der Waals surface area contributed by atoms with Gasteiger partial charge in [-0.25, -0.2) is 0 Å². The molecule has 86 heavy (non-hydrogen) atoms. The Kier molecular flexibility index (Phi) is 15.7. The number of allylic oxidation sites excluding steroid dienone is 12. The van der Waals surface area contributed by atoms with Gasteiger partial charge in [-0.05, 0) is 154 Å². The fourth-order valence-electron chi connectivity index (χ4n) is 14.0. The van der Waals surface area contributed by atoms with E-state index in [4.69, 9.17) is 0 Å². The Morgan fingerprint density at radius 3 is 1.24 bits per heavy atom. The molecule has 0 saturated heterocycles. The summed E-state index contributed by atoms with van der Waals surface area (Å²) in [5, 5.41) is 15.9. The maximum absolute atomic E-state index is 2.61. The fraction of sp³-hybridized carbons (Fsp3) is 0.256. The van der Waals surface area contributed by atoms with Crippen molar-refractivity contribution in [1.82, 2.24) is 0 Å². The highest BCUT2D eigenvalue weighted by Gasteiger charge is 2.31. The van der Waals surface area contributed by atoms with E-state index in [0.29, 0.717) is 0 Å². The van der Waals surface area contributed by atoms with Gasteiger partial charge in [0.05, 0.1) is 21.4 Å². The summed E-state index contributed by atoms with van der Waals surface area (Å²) in [4.78, 5) is 7.97. The Hall–Kier alpha value is -7.20. The second-order valence-corrected chi connectivity index (χ2v) is 29.6. The van der Waals surface area contributed by atoms with E-state index < -0.39 is 0 Å². The molecule has 4 heterocycles. The first-order chi connectivity index (χ1) is 42.0. The maximum atomic E-state index is 2.61. The molecular formula is C78H76N4S4+2. The highest BCUT2D eigenvalue weighted by atomic mass is 32.2. The number of unbranched alkanes of at least 4 members (excludes halogenated alkanes) is 3. The predicted molar refractivity (Wildman–Crippen MR) is 376 cm³/mol. The van der Waals surface area contributed by atoms with E-state index in [-0.39, 0.29) is 10.8 Å². The lowest BCUT2D eigenvalue weighted by atomic mass is 9.75. The van der Waals surface area contributed by atoms with E-state index in [1.807, 2.05) is 46.2 Å². The van der Waals surface area contributed by atoms with Gasteiger partial charge >= 0.3 is 0 Å². The highest BCUT2D eigenvalue weighted by molar-refractivity contribution is 8.04. The molecule has 430 valence electrons. The molecule has 2 aliphatic heterocycles. The first-order valence-electron chi connectivity index (χ1n) is 31.2. The number of benzene rings is 8. The van der Waals surface area contributed by atoms with Gasteiger partial charge in [0.15, 0.2) is 0 Å². The van der Waals surface area contributed by atoms with Crippen LogP contribution in [0.1, 0.15) is 103 Å². The number of hydrogen-bond acceptors (Lipinski definition) is 6. The van der Waals surface area contributed by atoms with Gasteiger partial charge in [-0.1, -0.05) is 232 Å². The first-order valence-corrected chi connectivity index (χ1v) is 34.4. The van der Waals surface area contributed by atoms with E-state index in [0.717, 1.165) is 64.7 Å². The largest absolute Gasteiger partial charge is 0.335 e. The summed E-state index contributed by atoms with van der Waals surface area (Å²) in [5.74, 6) is 0. The number of aromatic nitrogens is 2. The Labute approximate surface area is 524 Å². The lowest BCUT2D eigenvalue weighted by Gasteiger charge is -2.30. The average Bonchev–Trinajstić information content (AvgIpc) is 2.24. The summed E-state index contributed by atoms with van der Waals surface area (Å²) >= 11 is 7.75. The molecule has 0 unspecified atom stereocenters. The highest BCUT2D eigenvalue weighted by Crippen LogP contribution is 2.52. The number of rotatable bonds is 15. The number of nitrogens with zero attached hydrogens (tertiary/aromatic N) is 4. The van der Waals surface area contributed by atoms with Crippen LogP contribution in [-0.4, -0.2) is 13.1 Å². The molecule has 0 amide bonds. The summed E-state index contributed by atoms with van der Waals surface area (Å²) in [6, 6.07) is 54.0. The Balaban J connectivity index is 0.679. The molecule has 2 aromatic heterocycles. The summed E-state index contributed by atoms with van der Waals surface area (Å²) in [6.07, 6.45) is 33.0. The maximum Gasteiger partial charge on any atom is 0.263 e. The molecule has 10 aromatic rings. The van der Waals surface area contributed by atoms with Gasteiger partial charge in [-0.2, -0.15) is 9.13 Å². The van der Waals surface area contributed by atoms with Crippen molar-refractivity contribution in [3.8, 4) is 0 Å². The lowest BCUT2D eigenvalue weighted by molar-refractivity contribution is -0.665. The summed E-state index contributed by atoms with van der Waals surface area (Å²) in [5.41, 5.74) is 11.3. The van der Waals surface area contributed by atoms with Crippen molar-refractivity contribution in [2.45, 2.75) is 116 Å². The molecule has 0 N–H and O–H groups in total. The SMILES string of the molecule is CC[n+]1c(C=C2C=C(C=CC=C3Sc4c(ccc5ccccc45)N3CCCCCCN3C(=CC=CC4=CC(=Cc5sc6c7ccccc7ccc6[n+]5CC)CC(C)(C)C4)Sc4c3ccc3ccccc43)CC(C)(C)C2)sc2c3ccccc3ccc21. The van der Waals surface area contributed by atoms with E-state index in [1.165, 1.54) is 140 Å². The van der Waals surface area contributed by atoms with E-state index in [1.54, 1.807) is 0 Å². The Morgan fingerprint density at radius 2 is 0.826 bits per heavy atom. The first kappa shape index (κ1) is 56.6. The number of anilines is 2. The average molecular weight is 1200 g/mol. The van der Waals surface area contributed by atoms with Crippen LogP contribution in [0.25, 0.3) is 75.7 Å². The van der Waals surface area contributed by atoms with Crippen LogP contribution in [0.3, 0.4) is 0 Å². The summed E-state index contributed by atoms with van der Waals surface area (Å²) in [6.45, 7) is 18.2. The zero-order valence-electron chi connectivity index (χ0n) is 50.5. The van der Waals surface area contributed by atoms with Crippen LogP contribution in [0.2, 0.25) is 0 Å². The standard InChI is InChI=1S/C78H76N4S4/c1-7-79-65-39-35-57-25-11-15-29-61(57)73(65)85-71(79)47-55-45-53(49-77(3,4)51-55)23-21-33-69-81(67-41-37-59-27-13-17-31-63(59)75(67)83-69)43-19-9-10-20-44-82-68-42-38-60-28-14-18-32-64(60)76(68)84-70(82)34-22-24-54-46-56(52-78(5,6)50-54)48-72-80(8-2)66-40-36-58-26-12-16-30-62(58)74(66)86-72/h11-18,21-42,45-48H,7-10,19-20,43-44,49-52H2,1-6H3/q+2. The zero-order chi connectivity index (χ0) is 58.5. The molecule has 0 bridgehead atoms. The Bertz CT molecular complexity index is 4300. The van der Waals surface area contributed by atoms with Gasteiger partial charge in [0.25, 0.3) is 10.0 Å². The van der Waals surface area contributed by atoms with Crippen LogP contribution in [0.4, 0.5) is 11.4 Å². The number of thioether (sulfide) groups is 2. The van der Waals surface area contributed by atoms with Crippen LogP contribution >= 0.6 is 46.2 Å². The smallest absolute Gasteiger partial charge is 0.263 e. The molecule has 0 atom stereocenters. The van der Waals surface area contributed by atoms with Crippen molar-refractivity contribution in [2.75, 3.05) is 22.9 Å². The molecule has 0 fully saturated rings. The molecule has 2 aliphatic carbocycles. The second-order valence-electron chi connectivity index (χ2n) is 25.5. The van der Waals surface area contributed by atoms with Crippen LogP contribution in [0, 0.1) is 10.8 Å². The van der Waals surface area contributed by atoms with Crippen molar-refractivity contribution in [2.24, 2.45) is 10.8 Å². The molecular weight excluding hydrogens is 1120 g/mol. The molecule has 4 aliphatic rings. The van der Waals surface area contributed by atoms with Gasteiger partial charge in [-0.3, -0.25) is 0 Å². The van der Waals surface area contributed by atoms with Crippen LogP contribution < -0.4 is 18.9 Å². The molecule has 0 saturated carbocycles. The minimum absolute atomic E-state index is 0.168. The fourth-order valence-corrected chi connectivity index (χ4v) is 19.2. The van der Waals surface area contributed by atoms with Crippen molar-refractivity contribution in [3.05, 3.63) is 237 Å². The lowest BCUT2D eigenvalue weighted by Crippen LogP contribution is -2.33. The van der Waals surface area contributed by atoms with Crippen molar-refractivity contribution >= 4 is 133 Å². The van der Waals surface area contributed by atoms with Gasteiger partial charge in [0, 0.05) is 57.9 Å². The van der Waals surface area contributed by atoms with Crippen LogP contribution in [-0.2, 0) is 13.1 Å². The van der Waals surface area contributed by atoms with Crippen molar-refractivity contribution in [3.63, 3.8) is 0 Å².